The SMILES string of the molecule is CCCC.NCc1ccccc1C(F)(F)F. The summed E-state index contributed by atoms with van der Waals surface area (Å²) >= 11 is 0. The molecule has 0 aromatic heterocycles. The van der Waals surface area contributed by atoms with Crippen molar-refractivity contribution in [3.05, 3.63) is 35.4 Å². The van der Waals surface area contributed by atoms with Crippen LogP contribution in [0.15, 0.2) is 24.3 Å². The summed E-state index contributed by atoms with van der Waals surface area (Å²) in [4.78, 5) is 0. The van der Waals surface area contributed by atoms with Gasteiger partial charge in [0.2, 0.25) is 0 Å². The topological polar surface area (TPSA) is 26.0 Å². The highest BCUT2D eigenvalue weighted by Crippen LogP contribution is 2.31. The van der Waals surface area contributed by atoms with E-state index in [1.165, 1.54) is 31.0 Å². The number of unbranched alkanes of at least 4 members (excludes halogenated alkanes) is 1. The van der Waals surface area contributed by atoms with Gasteiger partial charge in [0.15, 0.2) is 0 Å². The summed E-state index contributed by atoms with van der Waals surface area (Å²) in [6, 6.07) is 5.30. The van der Waals surface area contributed by atoms with Gasteiger partial charge in [0, 0.05) is 6.54 Å². The molecule has 0 amide bonds. The Labute approximate surface area is 94.5 Å². The molecular weight excluding hydrogens is 215 g/mol. The molecule has 92 valence electrons. The van der Waals surface area contributed by atoms with Crippen molar-refractivity contribution in [3.63, 3.8) is 0 Å². The van der Waals surface area contributed by atoms with E-state index in [4.69, 9.17) is 5.73 Å². The van der Waals surface area contributed by atoms with Gasteiger partial charge in [-0.3, -0.25) is 0 Å². The van der Waals surface area contributed by atoms with E-state index in [2.05, 4.69) is 13.8 Å². The molecule has 0 spiro atoms. The Morgan fingerprint density at radius 1 is 1.06 bits per heavy atom. The van der Waals surface area contributed by atoms with E-state index in [-0.39, 0.29) is 12.1 Å². The van der Waals surface area contributed by atoms with Crippen molar-refractivity contribution < 1.29 is 13.2 Å². The first-order valence-electron chi connectivity index (χ1n) is 5.32. The van der Waals surface area contributed by atoms with Gasteiger partial charge in [-0.15, -0.1) is 0 Å². The Balaban J connectivity index is 0.000000487. The first-order chi connectivity index (χ1) is 7.47. The molecule has 1 rings (SSSR count). The summed E-state index contributed by atoms with van der Waals surface area (Å²) in [5, 5.41) is 0. The van der Waals surface area contributed by atoms with Crippen molar-refractivity contribution in [1.29, 1.82) is 0 Å². The normalized spacial score (nSPS) is 10.6. The van der Waals surface area contributed by atoms with Crippen LogP contribution in [-0.4, -0.2) is 0 Å². The zero-order valence-corrected chi connectivity index (χ0v) is 9.64. The molecule has 0 atom stereocenters. The van der Waals surface area contributed by atoms with Crippen LogP contribution in [0, 0.1) is 0 Å². The lowest BCUT2D eigenvalue weighted by atomic mass is 10.1. The Hall–Kier alpha value is -1.03. The Morgan fingerprint density at radius 2 is 1.56 bits per heavy atom. The van der Waals surface area contributed by atoms with E-state index >= 15 is 0 Å². The third-order valence-corrected chi connectivity index (χ3v) is 2.04. The fourth-order valence-electron chi connectivity index (χ4n) is 0.975. The Bertz CT molecular complexity index is 293. The lowest BCUT2D eigenvalue weighted by Crippen LogP contribution is -2.11. The average molecular weight is 233 g/mol. The monoisotopic (exact) mass is 233 g/mol. The zero-order valence-electron chi connectivity index (χ0n) is 9.64. The van der Waals surface area contributed by atoms with E-state index in [1.807, 2.05) is 0 Å². The van der Waals surface area contributed by atoms with Gasteiger partial charge in [0.05, 0.1) is 5.56 Å². The number of rotatable bonds is 2. The lowest BCUT2D eigenvalue weighted by molar-refractivity contribution is -0.138. The molecule has 0 bridgehead atoms. The number of hydrogen-bond donors (Lipinski definition) is 1. The minimum absolute atomic E-state index is 0.0876. The van der Waals surface area contributed by atoms with Crippen molar-refractivity contribution >= 4 is 0 Å². The van der Waals surface area contributed by atoms with Crippen molar-refractivity contribution in [2.45, 2.75) is 39.4 Å². The number of alkyl halides is 3. The van der Waals surface area contributed by atoms with Crippen molar-refractivity contribution in [2.24, 2.45) is 5.73 Å². The second kappa shape index (κ2) is 7.28. The molecule has 0 saturated heterocycles. The van der Waals surface area contributed by atoms with Crippen LogP contribution in [0.5, 0.6) is 0 Å². The summed E-state index contributed by atoms with van der Waals surface area (Å²) in [7, 11) is 0. The highest BCUT2D eigenvalue weighted by atomic mass is 19.4. The third-order valence-electron chi connectivity index (χ3n) is 2.04. The van der Waals surface area contributed by atoms with Gasteiger partial charge < -0.3 is 5.73 Å². The van der Waals surface area contributed by atoms with Crippen LogP contribution >= 0.6 is 0 Å². The molecule has 0 saturated carbocycles. The number of nitrogens with two attached hydrogens (primary N) is 1. The molecule has 0 aliphatic heterocycles. The molecule has 0 unspecified atom stereocenters. The fraction of sp³-hybridized carbons (Fsp3) is 0.500. The van der Waals surface area contributed by atoms with Gasteiger partial charge in [-0.05, 0) is 11.6 Å². The van der Waals surface area contributed by atoms with E-state index < -0.39 is 11.7 Å². The van der Waals surface area contributed by atoms with E-state index in [1.54, 1.807) is 0 Å². The molecule has 0 radical (unpaired) electrons. The van der Waals surface area contributed by atoms with Gasteiger partial charge in [0.1, 0.15) is 0 Å². The minimum atomic E-state index is -4.30. The fourth-order valence-corrected chi connectivity index (χ4v) is 0.975. The molecule has 16 heavy (non-hydrogen) atoms. The van der Waals surface area contributed by atoms with Crippen LogP contribution in [0.1, 0.15) is 37.8 Å². The zero-order chi connectivity index (χ0) is 12.6. The van der Waals surface area contributed by atoms with Gasteiger partial charge in [0.25, 0.3) is 0 Å². The number of benzene rings is 1. The molecule has 0 fully saturated rings. The smallest absolute Gasteiger partial charge is 0.326 e. The summed E-state index contributed by atoms with van der Waals surface area (Å²) in [5.74, 6) is 0. The van der Waals surface area contributed by atoms with E-state index in [9.17, 15) is 13.2 Å². The molecule has 4 heteroatoms. The largest absolute Gasteiger partial charge is 0.416 e. The van der Waals surface area contributed by atoms with Crippen LogP contribution in [-0.2, 0) is 12.7 Å². The average Bonchev–Trinajstić information content (AvgIpc) is 2.28. The van der Waals surface area contributed by atoms with Gasteiger partial charge in [-0.2, -0.15) is 13.2 Å². The van der Waals surface area contributed by atoms with Crippen LogP contribution < -0.4 is 5.73 Å². The highest BCUT2D eigenvalue weighted by molar-refractivity contribution is 5.29. The second-order valence-corrected chi connectivity index (χ2v) is 3.36. The quantitative estimate of drug-likeness (QED) is 0.821. The highest BCUT2D eigenvalue weighted by Gasteiger charge is 2.32. The van der Waals surface area contributed by atoms with Crippen LogP contribution in [0.4, 0.5) is 13.2 Å². The predicted octanol–water partition coefficient (Wildman–Crippen LogP) is 3.97. The van der Waals surface area contributed by atoms with E-state index in [0.29, 0.717) is 0 Å². The number of halogens is 3. The van der Waals surface area contributed by atoms with Gasteiger partial charge in [-0.25, -0.2) is 0 Å². The molecular formula is C12H18F3N. The number of hydrogen-bond acceptors (Lipinski definition) is 1. The van der Waals surface area contributed by atoms with Crippen LogP contribution in [0.25, 0.3) is 0 Å². The van der Waals surface area contributed by atoms with Gasteiger partial charge in [-0.1, -0.05) is 44.9 Å². The maximum Gasteiger partial charge on any atom is 0.416 e. The molecule has 1 aromatic rings. The Morgan fingerprint density at radius 3 is 1.88 bits per heavy atom. The first kappa shape index (κ1) is 15.0. The molecule has 1 nitrogen and oxygen atoms in total. The predicted molar refractivity (Wildman–Crippen MR) is 59.9 cm³/mol. The van der Waals surface area contributed by atoms with Crippen molar-refractivity contribution in [2.75, 3.05) is 0 Å². The lowest BCUT2D eigenvalue weighted by Gasteiger charge is -2.10. The maximum atomic E-state index is 12.2. The van der Waals surface area contributed by atoms with Crippen molar-refractivity contribution in [3.8, 4) is 0 Å². The summed E-state index contributed by atoms with van der Waals surface area (Å²) in [6.45, 7) is 4.27. The minimum Gasteiger partial charge on any atom is -0.326 e. The maximum absolute atomic E-state index is 12.2. The molecule has 2 N–H and O–H groups in total. The standard InChI is InChI=1S/C8H8F3N.C4H10/c9-8(10,11)7-4-2-1-3-6(7)5-12;1-3-4-2/h1-4H,5,12H2;3-4H2,1-2H3. The van der Waals surface area contributed by atoms with Crippen LogP contribution in [0.2, 0.25) is 0 Å². The molecule has 0 aliphatic carbocycles. The van der Waals surface area contributed by atoms with Gasteiger partial charge >= 0.3 is 6.18 Å². The molecule has 1 aromatic carbocycles. The molecule has 0 aliphatic rings. The Kier molecular flexibility index (Phi) is 6.81. The molecule has 0 heterocycles. The first-order valence-corrected chi connectivity index (χ1v) is 5.32. The van der Waals surface area contributed by atoms with E-state index in [0.717, 1.165) is 6.07 Å². The second-order valence-electron chi connectivity index (χ2n) is 3.36. The summed E-state index contributed by atoms with van der Waals surface area (Å²) in [5.41, 5.74) is 4.63. The summed E-state index contributed by atoms with van der Waals surface area (Å²) < 4.78 is 36.5. The summed E-state index contributed by atoms with van der Waals surface area (Å²) in [6.07, 6.45) is -1.66. The van der Waals surface area contributed by atoms with Crippen molar-refractivity contribution in [1.82, 2.24) is 0 Å². The third kappa shape index (κ3) is 5.16. The van der Waals surface area contributed by atoms with Crippen LogP contribution in [0.3, 0.4) is 0 Å².